The fraction of sp³-hybridized carbons (Fsp3) is 0.333. The van der Waals surface area contributed by atoms with Crippen molar-refractivity contribution in [2.24, 2.45) is 5.73 Å². The molecule has 0 saturated carbocycles. The first-order valence-electron chi connectivity index (χ1n) is 11.8. The number of nitriles is 1. The quantitative estimate of drug-likeness (QED) is 0.571. The lowest BCUT2D eigenvalue weighted by Crippen LogP contribution is -2.45. The number of aliphatic hydroxyl groups is 1. The predicted octanol–water partition coefficient (Wildman–Crippen LogP) is 4.23. The van der Waals surface area contributed by atoms with Gasteiger partial charge in [0.05, 0.1) is 16.5 Å². The van der Waals surface area contributed by atoms with Crippen LogP contribution in [0.15, 0.2) is 48.5 Å². The number of likely N-dealkylation sites (tertiary alicyclic amines) is 1. The van der Waals surface area contributed by atoms with Crippen LogP contribution in [0.5, 0.6) is 0 Å². The van der Waals surface area contributed by atoms with Crippen LogP contribution in [0.4, 0.5) is 10.1 Å². The number of rotatable bonds is 4. The molecule has 0 unspecified atom stereocenters. The zero-order chi connectivity index (χ0) is 24.5. The number of hydrogen-bond acceptors (Lipinski definition) is 6. The Balaban J connectivity index is 1.53. The van der Waals surface area contributed by atoms with Gasteiger partial charge in [-0.3, -0.25) is 4.79 Å². The maximum absolute atomic E-state index is 14.5. The molecule has 0 radical (unpaired) electrons. The summed E-state index contributed by atoms with van der Waals surface area (Å²) in [6, 6.07) is 16.2. The van der Waals surface area contributed by atoms with E-state index >= 15 is 0 Å². The van der Waals surface area contributed by atoms with Crippen molar-refractivity contribution in [3.63, 3.8) is 0 Å². The van der Waals surface area contributed by atoms with Crippen molar-refractivity contribution >= 4 is 22.9 Å². The van der Waals surface area contributed by atoms with Crippen molar-refractivity contribution in [1.29, 1.82) is 5.26 Å². The van der Waals surface area contributed by atoms with E-state index in [0.717, 1.165) is 47.5 Å². The van der Waals surface area contributed by atoms with Crippen molar-refractivity contribution in [3.8, 4) is 27.6 Å². The molecule has 3 aromatic rings. The molecule has 2 aliphatic heterocycles. The van der Waals surface area contributed by atoms with Gasteiger partial charge in [0.1, 0.15) is 11.9 Å². The van der Waals surface area contributed by atoms with E-state index in [4.69, 9.17) is 11.0 Å². The minimum absolute atomic E-state index is 0.0127. The third kappa shape index (κ3) is 4.80. The summed E-state index contributed by atoms with van der Waals surface area (Å²) in [5.41, 5.74) is 9.42. The summed E-state index contributed by atoms with van der Waals surface area (Å²) in [6.07, 6.45) is 2.25. The Hall–Kier alpha value is -3.25. The van der Waals surface area contributed by atoms with E-state index in [9.17, 15) is 14.3 Å². The summed E-state index contributed by atoms with van der Waals surface area (Å²) in [7, 11) is 0. The Kier molecular flexibility index (Phi) is 6.56. The number of hydrogen-bond donors (Lipinski definition) is 2. The van der Waals surface area contributed by atoms with Gasteiger partial charge in [0.25, 0.3) is 5.91 Å². The van der Waals surface area contributed by atoms with E-state index in [1.807, 2.05) is 36.4 Å². The molecule has 2 saturated heterocycles. The molecule has 3 heterocycles. The Morgan fingerprint density at radius 3 is 2.51 bits per heavy atom. The molecule has 180 valence electrons. The Morgan fingerprint density at radius 2 is 1.86 bits per heavy atom. The summed E-state index contributed by atoms with van der Waals surface area (Å²) in [5.74, 6) is -0.644. The number of carbonyl (C=O) groups is 1. The molecule has 6 nitrogen and oxygen atoms in total. The van der Waals surface area contributed by atoms with Crippen LogP contribution >= 0.6 is 11.3 Å². The van der Waals surface area contributed by atoms with Gasteiger partial charge in [0.2, 0.25) is 0 Å². The lowest BCUT2D eigenvalue weighted by atomic mass is 10.0. The first-order chi connectivity index (χ1) is 16.9. The van der Waals surface area contributed by atoms with Crippen LogP contribution in [-0.4, -0.2) is 54.2 Å². The lowest BCUT2D eigenvalue weighted by Gasteiger charge is -2.30. The summed E-state index contributed by atoms with van der Waals surface area (Å²) < 4.78 is 14.5. The maximum atomic E-state index is 14.5. The Labute approximate surface area is 208 Å². The second kappa shape index (κ2) is 9.78. The zero-order valence-electron chi connectivity index (χ0n) is 19.3. The highest BCUT2D eigenvalue weighted by Gasteiger charge is 2.26. The summed E-state index contributed by atoms with van der Waals surface area (Å²) in [4.78, 5) is 18.7. The molecule has 2 atom stereocenters. The van der Waals surface area contributed by atoms with Crippen LogP contribution in [0, 0.1) is 17.1 Å². The summed E-state index contributed by atoms with van der Waals surface area (Å²) in [5, 5.41) is 19.0. The van der Waals surface area contributed by atoms with Crippen LogP contribution < -0.4 is 10.6 Å². The monoisotopic (exact) mass is 490 g/mol. The third-order valence-electron chi connectivity index (χ3n) is 6.75. The summed E-state index contributed by atoms with van der Waals surface area (Å²) >= 11 is 1.39. The van der Waals surface area contributed by atoms with E-state index in [-0.39, 0.29) is 23.6 Å². The van der Waals surface area contributed by atoms with Crippen molar-refractivity contribution in [2.75, 3.05) is 31.1 Å². The number of anilines is 1. The summed E-state index contributed by atoms with van der Waals surface area (Å²) in [6.45, 7) is 2.64. The SMILES string of the molecule is N#Cc1ccc(-c2cc(C(=O)N3CCC[C@@H](N)C3)sc2-c2ccc(N3CC[C@H](O)C3)cc2)cc1F. The molecular formula is C27H27FN4O2S. The molecule has 2 aliphatic rings. The van der Waals surface area contributed by atoms with Crippen LogP contribution in [0.2, 0.25) is 0 Å². The third-order valence-corrected chi connectivity index (χ3v) is 7.92. The molecule has 1 aromatic heterocycles. The van der Waals surface area contributed by atoms with E-state index in [1.54, 1.807) is 11.0 Å². The predicted molar refractivity (Wildman–Crippen MR) is 136 cm³/mol. The number of nitrogens with two attached hydrogens (primary N) is 1. The van der Waals surface area contributed by atoms with Crippen molar-refractivity contribution in [1.82, 2.24) is 4.90 Å². The number of thiophene rings is 1. The van der Waals surface area contributed by atoms with Crippen molar-refractivity contribution < 1.29 is 14.3 Å². The van der Waals surface area contributed by atoms with Gasteiger partial charge in [-0.1, -0.05) is 18.2 Å². The van der Waals surface area contributed by atoms with E-state index < -0.39 is 5.82 Å². The highest BCUT2D eigenvalue weighted by atomic mass is 32.1. The largest absolute Gasteiger partial charge is 0.391 e. The number of aliphatic hydroxyl groups excluding tert-OH is 1. The second-order valence-electron chi connectivity index (χ2n) is 9.25. The molecule has 5 rings (SSSR count). The molecule has 2 fully saturated rings. The minimum Gasteiger partial charge on any atom is -0.391 e. The van der Waals surface area contributed by atoms with Gasteiger partial charge in [-0.25, -0.2) is 4.39 Å². The van der Waals surface area contributed by atoms with Gasteiger partial charge < -0.3 is 20.6 Å². The highest BCUT2D eigenvalue weighted by molar-refractivity contribution is 7.18. The molecule has 0 aliphatic carbocycles. The van der Waals surface area contributed by atoms with E-state index in [0.29, 0.717) is 30.1 Å². The Morgan fingerprint density at radius 1 is 1.09 bits per heavy atom. The molecule has 0 bridgehead atoms. The number of β-amino-alcohol motifs (C(OH)–C–C–N with tert-alkyl or cyclic N) is 1. The van der Waals surface area contributed by atoms with Crippen molar-refractivity contribution in [3.05, 3.63) is 64.8 Å². The minimum atomic E-state index is -0.583. The van der Waals surface area contributed by atoms with Crippen LogP contribution in [-0.2, 0) is 0 Å². The molecule has 1 amide bonds. The number of piperidine rings is 1. The van der Waals surface area contributed by atoms with Gasteiger partial charge >= 0.3 is 0 Å². The smallest absolute Gasteiger partial charge is 0.264 e. The molecule has 3 N–H and O–H groups in total. The van der Waals surface area contributed by atoms with Gasteiger partial charge in [-0.05, 0) is 60.7 Å². The van der Waals surface area contributed by atoms with E-state index in [1.165, 1.54) is 23.5 Å². The average Bonchev–Trinajstić information content (AvgIpc) is 3.50. The first-order valence-corrected chi connectivity index (χ1v) is 12.7. The molecule has 2 aromatic carbocycles. The fourth-order valence-electron chi connectivity index (χ4n) is 4.85. The molecule has 8 heteroatoms. The van der Waals surface area contributed by atoms with Gasteiger partial charge in [0.15, 0.2) is 0 Å². The second-order valence-corrected chi connectivity index (χ2v) is 10.3. The van der Waals surface area contributed by atoms with E-state index in [2.05, 4.69) is 4.90 Å². The number of carbonyl (C=O) groups excluding carboxylic acids is 1. The standard InChI is InChI=1S/C27H27FN4O2S/c28-24-12-18(3-4-19(24)14-29)23-13-25(27(34)32-10-1-2-20(30)15-32)35-26(23)17-5-7-21(8-6-17)31-11-9-22(33)16-31/h3-8,12-13,20,22,33H,1-2,9-11,15-16,30H2/t20-,22+/m1/s1. The van der Waals surface area contributed by atoms with Crippen LogP contribution in [0.3, 0.4) is 0 Å². The number of nitrogens with zero attached hydrogens (tertiary/aromatic N) is 3. The van der Waals surface area contributed by atoms with Gasteiger partial charge in [-0.15, -0.1) is 11.3 Å². The van der Waals surface area contributed by atoms with Gasteiger partial charge in [0, 0.05) is 48.3 Å². The lowest BCUT2D eigenvalue weighted by molar-refractivity contribution is 0.0713. The van der Waals surface area contributed by atoms with Gasteiger partial charge in [-0.2, -0.15) is 5.26 Å². The average molecular weight is 491 g/mol. The first kappa shape index (κ1) is 23.5. The molecule has 35 heavy (non-hydrogen) atoms. The number of benzene rings is 2. The molecular weight excluding hydrogens is 463 g/mol. The Bertz CT molecular complexity index is 1280. The van der Waals surface area contributed by atoms with Crippen LogP contribution in [0.25, 0.3) is 21.6 Å². The number of amides is 1. The van der Waals surface area contributed by atoms with Crippen molar-refractivity contribution in [2.45, 2.75) is 31.4 Å². The molecule has 0 spiro atoms. The van der Waals surface area contributed by atoms with Crippen LogP contribution in [0.1, 0.15) is 34.5 Å². The zero-order valence-corrected chi connectivity index (χ0v) is 20.1. The highest BCUT2D eigenvalue weighted by Crippen LogP contribution is 2.41. The fourth-order valence-corrected chi connectivity index (χ4v) is 6.00. The normalized spacial score (nSPS) is 20.2. The topological polar surface area (TPSA) is 93.6 Å². The number of halogens is 1. The maximum Gasteiger partial charge on any atom is 0.264 e.